The summed E-state index contributed by atoms with van der Waals surface area (Å²) in [5, 5.41) is 11.6. The van der Waals surface area contributed by atoms with Gasteiger partial charge in [0.15, 0.2) is 0 Å². The van der Waals surface area contributed by atoms with Crippen LogP contribution in [-0.2, 0) is 16.1 Å². The number of furan rings is 1. The fourth-order valence-corrected chi connectivity index (χ4v) is 2.11. The van der Waals surface area contributed by atoms with Crippen molar-refractivity contribution in [1.29, 1.82) is 0 Å². The summed E-state index contributed by atoms with van der Waals surface area (Å²) in [4.78, 5) is 22.5. The van der Waals surface area contributed by atoms with Crippen LogP contribution >= 0.6 is 0 Å². The van der Waals surface area contributed by atoms with E-state index in [0.29, 0.717) is 17.9 Å². The van der Waals surface area contributed by atoms with Gasteiger partial charge in [0.05, 0.1) is 19.1 Å². The minimum Gasteiger partial charge on any atom is -0.478 e. The van der Waals surface area contributed by atoms with E-state index in [1.165, 1.54) is 6.07 Å². The van der Waals surface area contributed by atoms with Gasteiger partial charge in [-0.15, -0.1) is 0 Å². The van der Waals surface area contributed by atoms with E-state index in [1.54, 1.807) is 6.92 Å². The molecule has 0 radical (unpaired) electrons. The molecule has 1 saturated heterocycles. The number of hydrogen-bond acceptors (Lipinski definition) is 4. The Kier molecular flexibility index (Phi) is 4.21. The monoisotopic (exact) mass is 267 g/mol. The molecule has 2 N–H and O–H groups in total. The highest BCUT2D eigenvalue weighted by atomic mass is 16.5. The van der Waals surface area contributed by atoms with Gasteiger partial charge in [-0.1, -0.05) is 0 Å². The number of aryl methyl sites for hydroxylation is 1. The number of carbonyl (C=O) groups is 2. The maximum absolute atomic E-state index is 11.6. The molecule has 6 nitrogen and oxygen atoms in total. The van der Waals surface area contributed by atoms with Crippen molar-refractivity contribution in [2.75, 3.05) is 6.61 Å². The van der Waals surface area contributed by atoms with E-state index in [9.17, 15) is 9.59 Å². The fourth-order valence-electron chi connectivity index (χ4n) is 2.11. The Morgan fingerprint density at radius 3 is 2.89 bits per heavy atom. The standard InChI is InChI=1S/C13H17NO5/c1-8-11(13(16)17)5-10(19-8)7-14-12(15)6-9-3-2-4-18-9/h5,9H,2-4,6-7H2,1H3,(H,14,15)(H,16,17)/t9-/m0/s1. The predicted octanol–water partition coefficient (Wildman–Crippen LogP) is 1.47. The van der Waals surface area contributed by atoms with Gasteiger partial charge < -0.3 is 19.6 Å². The molecule has 19 heavy (non-hydrogen) atoms. The molecule has 0 aliphatic carbocycles. The Bertz CT molecular complexity index is 473. The van der Waals surface area contributed by atoms with Crippen LogP contribution in [0.15, 0.2) is 10.5 Å². The van der Waals surface area contributed by atoms with Crippen LogP contribution in [0.5, 0.6) is 0 Å². The zero-order valence-corrected chi connectivity index (χ0v) is 10.8. The summed E-state index contributed by atoms with van der Waals surface area (Å²) in [5.74, 6) is -0.359. The molecule has 1 aromatic heterocycles. The molecule has 1 aromatic rings. The number of carbonyl (C=O) groups excluding carboxylic acids is 1. The number of hydrogen-bond donors (Lipinski definition) is 2. The van der Waals surface area contributed by atoms with E-state index in [2.05, 4.69) is 5.32 Å². The molecule has 1 atom stereocenters. The van der Waals surface area contributed by atoms with Gasteiger partial charge in [-0.05, 0) is 25.8 Å². The molecule has 0 spiro atoms. The van der Waals surface area contributed by atoms with Crippen LogP contribution in [0.4, 0.5) is 0 Å². The maximum atomic E-state index is 11.6. The first kappa shape index (κ1) is 13.6. The average molecular weight is 267 g/mol. The van der Waals surface area contributed by atoms with E-state index in [-0.39, 0.29) is 24.1 Å². The van der Waals surface area contributed by atoms with Crippen molar-refractivity contribution in [2.24, 2.45) is 0 Å². The number of carboxylic acid groups (broad SMARTS) is 1. The third kappa shape index (κ3) is 3.57. The van der Waals surface area contributed by atoms with Gasteiger partial charge in [0.1, 0.15) is 17.1 Å². The minimum absolute atomic E-state index is 0.00733. The summed E-state index contributed by atoms with van der Waals surface area (Å²) in [5.41, 5.74) is 0.128. The molecule has 6 heteroatoms. The van der Waals surface area contributed by atoms with Crippen LogP contribution in [0.2, 0.25) is 0 Å². The molecular weight excluding hydrogens is 250 g/mol. The number of aromatic carboxylic acids is 1. The van der Waals surface area contributed by atoms with Crippen LogP contribution in [0.3, 0.4) is 0 Å². The summed E-state index contributed by atoms with van der Waals surface area (Å²) >= 11 is 0. The molecule has 1 fully saturated rings. The van der Waals surface area contributed by atoms with E-state index < -0.39 is 5.97 Å². The van der Waals surface area contributed by atoms with Crippen molar-refractivity contribution >= 4 is 11.9 Å². The second-order valence-corrected chi connectivity index (χ2v) is 4.60. The third-order valence-corrected chi connectivity index (χ3v) is 3.10. The van der Waals surface area contributed by atoms with Crippen molar-refractivity contribution < 1.29 is 23.8 Å². The molecule has 0 unspecified atom stereocenters. The first-order chi connectivity index (χ1) is 9.06. The highest BCUT2D eigenvalue weighted by molar-refractivity contribution is 5.88. The van der Waals surface area contributed by atoms with Gasteiger partial charge in [-0.3, -0.25) is 4.79 Å². The zero-order chi connectivity index (χ0) is 13.8. The lowest BCUT2D eigenvalue weighted by molar-refractivity contribution is -0.123. The van der Waals surface area contributed by atoms with Gasteiger partial charge >= 0.3 is 5.97 Å². The van der Waals surface area contributed by atoms with E-state index in [1.807, 2.05) is 0 Å². The van der Waals surface area contributed by atoms with Crippen LogP contribution < -0.4 is 5.32 Å². The Labute approximate surface area is 110 Å². The zero-order valence-electron chi connectivity index (χ0n) is 10.8. The summed E-state index contributed by atoms with van der Waals surface area (Å²) in [6, 6.07) is 1.43. The van der Waals surface area contributed by atoms with Crippen molar-refractivity contribution in [3.63, 3.8) is 0 Å². The third-order valence-electron chi connectivity index (χ3n) is 3.10. The van der Waals surface area contributed by atoms with Crippen molar-refractivity contribution in [3.05, 3.63) is 23.2 Å². The lowest BCUT2D eigenvalue weighted by Crippen LogP contribution is -2.26. The van der Waals surface area contributed by atoms with Crippen LogP contribution in [0.25, 0.3) is 0 Å². The van der Waals surface area contributed by atoms with Crippen LogP contribution in [-0.4, -0.2) is 29.7 Å². The lowest BCUT2D eigenvalue weighted by Gasteiger charge is -2.08. The normalized spacial score (nSPS) is 18.5. The fraction of sp³-hybridized carbons (Fsp3) is 0.538. The Morgan fingerprint density at radius 2 is 2.32 bits per heavy atom. The number of ether oxygens (including phenoxy) is 1. The van der Waals surface area contributed by atoms with Crippen molar-refractivity contribution in [1.82, 2.24) is 5.32 Å². The number of amides is 1. The van der Waals surface area contributed by atoms with Crippen LogP contribution in [0.1, 0.15) is 41.1 Å². The first-order valence-electron chi connectivity index (χ1n) is 6.27. The molecule has 1 aliphatic rings. The highest BCUT2D eigenvalue weighted by Crippen LogP contribution is 2.16. The predicted molar refractivity (Wildman–Crippen MR) is 65.8 cm³/mol. The topological polar surface area (TPSA) is 88.8 Å². The molecular formula is C13H17NO5. The summed E-state index contributed by atoms with van der Waals surface area (Å²) < 4.78 is 10.6. The van der Waals surface area contributed by atoms with Crippen molar-refractivity contribution in [3.8, 4) is 0 Å². The first-order valence-corrected chi connectivity index (χ1v) is 6.27. The van der Waals surface area contributed by atoms with Crippen molar-refractivity contribution in [2.45, 2.75) is 38.8 Å². The molecule has 2 rings (SSSR count). The quantitative estimate of drug-likeness (QED) is 0.843. The van der Waals surface area contributed by atoms with Gasteiger partial charge in [0, 0.05) is 6.61 Å². The molecule has 1 amide bonds. The SMILES string of the molecule is Cc1oc(CNC(=O)C[C@@H]2CCCO2)cc1C(=O)O. The number of rotatable bonds is 5. The second-order valence-electron chi connectivity index (χ2n) is 4.60. The smallest absolute Gasteiger partial charge is 0.339 e. The average Bonchev–Trinajstić information content (AvgIpc) is 2.96. The van der Waals surface area contributed by atoms with Gasteiger partial charge in [0.25, 0.3) is 0 Å². The molecule has 0 aromatic carbocycles. The van der Waals surface area contributed by atoms with Crippen LogP contribution in [0, 0.1) is 6.92 Å². The van der Waals surface area contributed by atoms with Gasteiger partial charge in [-0.25, -0.2) is 4.79 Å². The lowest BCUT2D eigenvalue weighted by atomic mass is 10.2. The largest absolute Gasteiger partial charge is 0.478 e. The Morgan fingerprint density at radius 1 is 1.53 bits per heavy atom. The molecule has 0 saturated carbocycles. The van der Waals surface area contributed by atoms with E-state index >= 15 is 0 Å². The van der Waals surface area contributed by atoms with Gasteiger partial charge in [-0.2, -0.15) is 0 Å². The molecule has 2 heterocycles. The Hall–Kier alpha value is -1.82. The maximum Gasteiger partial charge on any atom is 0.339 e. The Balaban J connectivity index is 1.82. The molecule has 1 aliphatic heterocycles. The van der Waals surface area contributed by atoms with Gasteiger partial charge in [0.2, 0.25) is 5.91 Å². The van der Waals surface area contributed by atoms with E-state index in [4.69, 9.17) is 14.3 Å². The summed E-state index contributed by atoms with van der Waals surface area (Å²) in [7, 11) is 0. The number of carboxylic acids is 1. The van der Waals surface area contributed by atoms with E-state index in [0.717, 1.165) is 19.4 Å². The minimum atomic E-state index is -1.03. The summed E-state index contributed by atoms with van der Waals surface area (Å²) in [6.07, 6.45) is 2.26. The number of nitrogens with one attached hydrogen (secondary N) is 1. The molecule has 104 valence electrons. The summed E-state index contributed by atoms with van der Waals surface area (Å²) in [6.45, 7) is 2.50. The second kappa shape index (κ2) is 5.88. The molecule has 0 bridgehead atoms. The highest BCUT2D eigenvalue weighted by Gasteiger charge is 2.19.